The number of carboxylic acid groups (broad SMARTS) is 1. The molecule has 0 fully saturated rings. The predicted octanol–water partition coefficient (Wildman–Crippen LogP) is 1.77. The number of H-pyrrole nitrogens is 1. The Kier molecular flexibility index (Phi) is 3.44. The number of hydrogen-bond acceptors (Lipinski definition) is 2. The Morgan fingerprint density at radius 1 is 1.47 bits per heavy atom. The molecule has 2 aromatic rings. The number of carboxylic acids is 1. The summed E-state index contributed by atoms with van der Waals surface area (Å²) in [6, 6.07) is 8.01. The van der Waals surface area contributed by atoms with Crippen LogP contribution in [-0.4, -0.2) is 29.1 Å². The largest absolute Gasteiger partial charge is 0.481 e. The highest BCUT2D eigenvalue weighted by Gasteiger charge is 2.13. The van der Waals surface area contributed by atoms with Gasteiger partial charge in [-0.25, -0.2) is 0 Å². The molecule has 0 radical (unpaired) electrons. The molecule has 0 amide bonds. The Morgan fingerprint density at radius 3 is 2.94 bits per heavy atom. The van der Waals surface area contributed by atoms with Crippen molar-refractivity contribution in [1.29, 1.82) is 0 Å². The second-order valence-corrected chi connectivity index (χ2v) is 4.15. The maximum absolute atomic E-state index is 10.7. The highest BCUT2D eigenvalue weighted by molar-refractivity contribution is 5.83. The van der Waals surface area contributed by atoms with Crippen molar-refractivity contribution in [1.82, 2.24) is 10.3 Å². The van der Waals surface area contributed by atoms with Gasteiger partial charge in [-0.1, -0.05) is 18.2 Å². The molecule has 0 aliphatic carbocycles. The quantitative estimate of drug-likeness (QED) is 0.736. The third-order valence-electron chi connectivity index (χ3n) is 2.97. The molecular formula is C13H16N2O2. The molecule has 3 N–H and O–H groups in total. The van der Waals surface area contributed by atoms with Gasteiger partial charge in [0.05, 0.1) is 6.42 Å². The molecule has 4 nitrogen and oxygen atoms in total. The molecule has 17 heavy (non-hydrogen) atoms. The Balaban J connectivity index is 2.19. The van der Waals surface area contributed by atoms with Gasteiger partial charge in [0.25, 0.3) is 0 Å². The third-order valence-corrected chi connectivity index (χ3v) is 2.97. The van der Waals surface area contributed by atoms with Crippen molar-refractivity contribution in [3.63, 3.8) is 0 Å². The highest BCUT2D eigenvalue weighted by Crippen LogP contribution is 2.19. The summed E-state index contributed by atoms with van der Waals surface area (Å²) >= 11 is 0. The zero-order valence-corrected chi connectivity index (χ0v) is 9.73. The van der Waals surface area contributed by atoms with E-state index in [9.17, 15) is 4.79 Å². The van der Waals surface area contributed by atoms with Gasteiger partial charge < -0.3 is 15.4 Å². The molecule has 0 aliphatic heterocycles. The van der Waals surface area contributed by atoms with Crippen LogP contribution in [0.15, 0.2) is 30.5 Å². The topological polar surface area (TPSA) is 65.1 Å². The van der Waals surface area contributed by atoms with E-state index in [-0.39, 0.29) is 12.5 Å². The summed E-state index contributed by atoms with van der Waals surface area (Å²) < 4.78 is 0. The predicted molar refractivity (Wildman–Crippen MR) is 67.1 cm³/mol. The number of benzene rings is 1. The molecule has 4 heteroatoms. The smallest absolute Gasteiger partial charge is 0.304 e. The van der Waals surface area contributed by atoms with Gasteiger partial charge >= 0.3 is 5.97 Å². The van der Waals surface area contributed by atoms with Gasteiger partial charge in [-0.15, -0.1) is 0 Å². The van der Waals surface area contributed by atoms with E-state index in [4.69, 9.17) is 5.11 Å². The summed E-state index contributed by atoms with van der Waals surface area (Å²) in [4.78, 5) is 13.9. The van der Waals surface area contributed by atoms with Crippen LogP contribution in [0.25, 0.3) is 10.9 Å². The number of rotatable bonds is 5. The number of carbonyl (C=O) groups is 1. The Bertz CT molecular complexity index is 519. The average Bonchev–Trinajstić information content (AvgIpc) is 2.71. The van der Waals surface area contributed by atoms with Crippen LogP contribution in [0.2, 0.25) is 0 Å². The Morgan fingerprint density at radius 2 is 2.24 bits per heavy atom. The molecule has 0 spiro atoms. The first-order valence-corrected chi connectivity index (χ1v) is 5.64. The van der Waals surface area contributed by atoms with Gasteiger partial charge in [-0.3, -0.25) is 4.79 Å². The lowest BCUT2D eigenvalue weighted by atomic mass is 10.0. The summed E-state index contributed by atoms with van der Waals surface area (Å²) in [6.07, 6.45) is 2.81. The van der Waals surface area contributed by atoms with Crippen molar-refractivity contribution in [3.8, 4) is 0 Å². The van der Waals surface area contributed by atoms with Crippen molar-refractivity contribution in [3.05, 3.63) is 36.0 Å². The first kappa shape index (κ1) is 11.7. The number of aromatic nitrogens is 1. The zero-order valence-electron chi connectivity index (χ0n) is 9.73. The molecule has 0 aliphatic rings. The lowest BCUT2D eigenvalue weighted by Crippen LogP contribution is -2.30. The van der Waals surface area contributed by atoms with Gasteiger partial charge in [0, 0.05) is 23.1 Å². The first-order chi connectivity index (χ1) is 8.20. The summed E-state index contributed by atoms with van der Waals surface area (Å²) in [5, 5.41) is 13.0. The van der Waals surface area contributed by atoms with Crippen molar-refractivity contribution in [2.45, 2.75) is 18.9 Å². The van der Waals surface area contributed by atoms with E-state index in [1.54, 1.807) is 7.05 Å². The fraction of sp³-hybridized carbons (Fsp3) is 0.308. The van der Waals surface area contributed by atoms with Crippen LogP contribution in [0.5, 0.6) is 0 Å². The summed E-state index contributed by atoms with van der Waals surface area (Å²) in [7, 11) is 1.79. The maximum Gasteiger partial charge on any atom is 0.304 e. The monoisotopic (exact) mass is 232 g/mol. The standard InChI is InChI=1S/C13H16N2O2/c1-14-10(7-13(16)17)6-9-8-15-12-5-3-2-4-11(9)12/h2-5,8,10,14-15H,6-7H2,1H3,(H,16,17)/t10-/m0/s1. The van der Waals surface area contributed by atoms with Crippen LogP contribution in [0.4, 0.5) is 0 Å². The second kappa shape index (κ2) is 5.01. The van der Waals surface area contributed by atoms with E-state index >= 15 is 0 Å². The van der Waals surface area contributed by atoms with E-state index in [1.165, 1.54) is 0 Å². The van der Waals surface area contributed by atoms with Crippen molar-refractivity contribution in [2.24, 2.45) is 0 Å². The molecule has 1 heterocycles. The van der Waals surface area contributed by atoms with Crippen molar-refractivity contribution < 1.29 is 9.90 Å². The number of nitrogens with one attached hydrogen (secondary N) is 2. The van der Waals surface area contributed by atoms with Crippen LogP contribution in [0.3, 0.4) is 0 Å². The number of para-hydroxylation sites is 1. The maximum atomic E-state index is 10.7. The number of aromatic amines is 1. The fourth-order valence-corrected chi connectivity index (χ4v) is 2.05. The minimum Gasteiger partial charge on any atom is -0.481 e. The van der Waals surface area contributed by atoms with Crippen LogP contribution in [0.1, 0.15) is 12.0 Å². The summed E-state index contributed by atoms with van der Waals surface area (Å²) in [5.74, 6) is -0.774. The van der Waals surface area contributed by atoms with Gasteiger partial charge in [0.15, 0.2) is 0 Å². The molecule has 2 rings (SSSR count). The van der Waals surface area contributed by atoms with E-state index in [0.717, 1.165) is 16.5 Å². The van der Waals surface area contributed by atoms with Crippen molar-refractivity contribution >= 4 is 16.9 Å². The molecule has 0 saturated heterocycles. The van der Waals surface area contributed by atoms with E-state index in [1.807, 2.05) is 24.4 Å². The van der Waals surface area contributed by atoms with Gasteiger partial charge in [0.1, 0.15) is 0 Å². The molecule has 1 aromatic carbocycles. The number of likely N-dealkylation sites (N-methyl/N-ethyl adjacent to an activating group) is 1. The lowest BCUT2D eigenvalue weighted by Gasteiger charge is -2.12. The molecule has 0 unspecified atom stereocenters. The van der Waals surface area contributed by atoms with Gasteiger partial charge in [0.2, 0.25) is 0 Å². The van der Waals surface area contributed by atoms with E-state index < -0.39 is 5.97 Å². The Labute approximate surface area is 99.7 Å². The SMILES string of the molecule is CN[C@H](CC(=O)O)Cc1c[nH]c2ccccc12. The summed E-state index contributed by atoms with van der Waals surface area (Å²) in [5.41, 5.74) is 2.24. The molecule has 90 valence electrons. The Hall–Kier alpha value is -1.81. The summed E-state index contributed by atoms with van der Waals surface area (Å²) in [6.45, 7) is 0. The highest BCUT2D eigenvalue weighted by atomic mass is 16.4. The zero-order chi connectivity index (χ0) is 12.3. The van der Waals surface area contributed by atoms with Gasteiger partial charge in [-0.2, -0.15) is 0 Å². The fourth-order valence-electron chi connectivity index (χ4n) is 2.05. The second-order valence-electron chi connectivity index (χ2n) is 4.15. The number of aliphatic carboxylic acids is 1. The van der Waals surface area contributed by atoms with Gasteiger partial charge in [-0.05, 0) is 25.1 Å². The first-order valence-electron chi connectivity index (χ1n) is 5.64. The van der Waals surface area contributed by atoms with E-state index in [2.05, 4.69) is 16.4 Å². The number of hydrogen-bond donors (Lipinski definition) is 3. The number of fused-ring (bicyclic) bond motifs is 1. The molecule has 1 aromatic heterocycles. The lowest BCUT2D eigenvalue weighted by molar-refractivity contribution is -0.137. The van der Waals surface area contributed by atoms with Crippen LogP contribution >= 0.6 is 0 Å². The molecular weight excluding hydrogens is 216 g/mol. The normalized spacial score (nSPS) is 12.8. The average molecular weight is 232 g/mol. The van der Waals surface area contributed by atoms with Crippen LogP contribution < -0.4 is 5.32 Å². The minimum absolute atomic E-state index is 0.0355. The molecule has 0 bridgehead atoms. The third kappa shape index (κ3) is 2.65. The van der Waals surface area contributed by atoms with Crippen LogP contribution in [0, 0.1) is 0 Å². The minimum atomic E-state index is -0.774. The van der Waals surface area contributed by atoms with Crippen molar-refractivity contribution in [2.75, 3.05) is 7.05 Å². The van der Waals surface area contributed by atoms with E-state index in [0.29, 0.717) is 6.42 Å². The molecule has 1 atom stereocenters. The molecule has 0 saturated carbocycles. The van der Waals surface area contributed by atoms with Crippen LogP contribution in [-0.2, 0) is 11.2 Å².